The SMILES string of the molecule is CC[C@@H](C)c1ccccc1NC(=O)COc1cc2oc(=O)cc(C)c2cc1Cl. The molecule has 3 aromatic rings. The molecule has 0 radical (unpaired) electrons. The van der Waals surface area contributed by atoms with Crippen LogP contribution in [0.3, 0.4) is 0 Å². The van der Waals surface area contributed by atoms with E-state index in [1.165, 1.54) is 12.1 Å². The lowest BCUT2D eigenvalue weighted by Crippen LogP contribution is -2.21. The predicted molar refractivity (Wildman–Crippen MR) is 112 cm³/mol. The summed E-state index contributed by atoms with van der Waals surface area (Å²) in [4.78, 5) is 24.0. The second kappa shape index (κ2) is 8.48. The van der Waals surface area contributed by atoms with Gasteiger partial charge in [0.05, 0.1) is 5.02 Å². The van der Waals surface area contributed by atoms with Crippen LogP contribution in [0, 0.1) is 6.92 Å². The van der Waals surface area contributed by atoms with Gasteiger partial charge in [0.25, 0.3) is 5.91 Å². The number of anilines is 1. The summed E-state index contributed by atoms with van der Waals surface area (Å²) < 4.78 is 10.8. The third kappa shape index (κ3) is 4.37. The van der Waals surface area contributed by atoms with Crippen molar-refractivity contribution in [1.29, 1.82) is 0 Å². The monoisotopic (exact) mass is 399 g/mol. The standard InChI is InChI=1S/C22H22ClNO4/c1-4-13(2)15-7-5-6-8-18(15)24-21(25)12-27-20-11-19-16(10-17(20)23)14(3)9-22(26)28-19/h5-11,13H,4,12H2,1-3H3,(H,24,25)/t13-/m1/s1. The first-order valence-electron chi connectivity index (χ1n) is 9.14. The molecule has 5 nitrogen and oxygen atoms in total. The van der Waals surface area contributed by atoms with E-state index in [9.17, 15) is 9.59 Å². The van der Waals surface area contributed by atoms with Crippen LogP contribution in [0.5, 0.6) is 5.75 Å². The lowest BCUT2D eigenvalue weighted by molar-refractivity contribution is -0.118. The molecular weight excluding hydrogens is 378 g/mol. The Balaban J connectivity index is 1.75. The molecule has 0 saturated heterocycles. The summed E-state index contributed by atoms with van der Waals surface area (Å²) in [5.41, 5.74) is 2.54. The number of halogens is 1. The van der Waals surface area contributed by atoms with Crippen molar-refractivity contribution < 1.29 is 13.9 Å². The maximum absolute atomic E-state index is 12.4. The van der Waals surface area contributed by atoms with E-state index >= 15 is 0 Å². The fourth-order valence-corrected chi connectivity index (χ4v) is 3.24. The number of amides is 1. The molecule has 0 aliphatic carbocycles. The Morgan fingerprint density at radius 2 is 2.00 bits per heavy atom. The molecule has 0 aliphatic rings. The summed E-state index contributed by atoms with van der Waals surface area (Å²) >= 11 is 6.27. The van der Waals surface area contributed by atoms with Gasteiger partial charge < -0.3 is 14.5 Å². The normalized spacial score (nSPS) is 12.0. The average molecular weight is 400 g/mol. The second-order valence-electron chi connectivity index (χ2n) is 6.76. The molecule has 1 heterocycles. The summed E-state index contributed by atoms with van der Waals surface area (Å²) in [6.45, 7) is 5.81. The molecule has 0 unspecified atom stereocenters. The van der Waals surface area contributed by atoms with Gasteiger partial charge in [-0.25, -0.2) is 4.79 Å². The van der Waals surface area contributed by atoms with Gasteiger partial charge in [-0.05, 0) is 42.5 Å². The van der Waals surface area contributed by atoms with E-state index in [0.717, 1.165) is 28.6 Å². The first-order chi connectivity index (χ1) is 13.4. The molecule has 0 saturated carbocycles. The second-order valence-corrected chi connectivity index (χ2v) is 7.17. The van der Waals surface area contributed by atoms with E-state index in [2.05, 4.69) is 19.2 Å². The van der Waals surface area contributed by atoms with Crippen molar-refractivity contribution in [2.24, 2.45) is 0 Å². The minimum atomic E-state index is -0.447. The molecule has 2 aromatic carbocycles. The number of rotatable bonds is 6. The summed E-state index contributed by atoms with van der Waals surface area (Å²) in [7, 11) is 0. The van der Waals surface area contributed by atoms with E-state index in [1.807, 2.05) is 24.3 Å². The Kier molecular flexibility index (Phi) is 6.05. The van der Waals surface area contributed by atoms with Crippen LogP contribution < -0.4 is 15.7 Å². The van der Waals surface area contributed by atoms with E-state index in [4.69, 9.17) is 20.8 Å². The van der Waals surface area contributed by atoms with Crippen LogP contribution in [0.1, 0.15) is 37.3 Å². The number of carbonyl (C=O) groups excluding carboxylic acids is 1. The van der Waals surface area contributed by atoms with Crippen LogP contribution >= 0.6 is 11.6 Å². The van der Waals surface area contributed by atoms with Crippen molar-refractivity contribution in [2.45, 2.75) is 33.1 Å². The third-order valence-electron chi connectivity index (χ3n) is 4.74. The van der Waals surface area contributed by atoms with Gasteiger partial charge in [0.15, 0.2) is 6.61 Å². The van der Waals surface area contributed by atoms with E-state index in [0.29, 0.717) is 16.5 Å². The Morgan fingerprint density at radius 3 is 2.75 bits per heavy atom. The Morgan fingerprint density at radius 1 is 1.25 bits per heavy atom. The molecule has 0 fully saturated rings. The number of para-hydroxylation sites is 1. The number of ether oxygens (including phenoxy) is 1. The van der Waals surface area contributed by atoms with Gasteiger partial charge in [0.1, 0.15) is 11.3 Å². The number of benzene rings is 2. The highest BCUT2D eigenvalue weighted by atomic mass is 35.5. The predicted octanol–water partition coefficient (Wildman–Crippen LogP) is 5.29. The number of hydrogen-bond donors (Lipinski definition) is 1. The zero-order valence-corrected chi connectivity index (χ0v) is 16.8. The Bertz CT molecular complexity index is 1070. The van der Waals surface area contributed by atoms with Crippen LogP contribution in [0.15, 0.2) is 51.7 Å². The molecule has 1 N–H and O–H groups in total. The summed E-state index contributed by atoms with van der Waals surface area (Å²) in [5, 5.41) is 3.96. The topological polar surface area (TPSA) is 68.5 Å². The van der Waals surface area contributed by atoms with Crippen molar-refractivity contribution >= 4 is 34.2 Å². The average Bonchev–Trinajstić information content (AvgIpc) is 2.67. The first kappa shape index (κ1) is 20.0. The summed E-state index contributed by atoms with van der Waals surface area (Å²) in [6.07, 6.45) is 0.973. The molecule has 1 amide bonds. The number of fused-ring (bicyclic) bond motifs is 1. The molecule has 6 heteroatoms. The fourth-order valence-electron chi connectivity index (χ4n) is 3.02. The van der Waals surface area contributed by atoms with Crippen LogP contribution in [0.25, 0.3) is 11.0 Å². The lowest BCUT2D eigenvalue weighted by Gasteiger charge is -2.16. The number of carbonyl (C=O) groups is 1. The maximum atomic E-state index is 12.4. The third-order valence-corrected chi connectivity index (χ3v) is 5.04. The van der Waals surface area contributed by atoms with Crippen LogP contribution in [-0.2, 0) is 4.79 Å². The minimum absolute atomic E-state index is 0.212. The summed E-state index contributed by atoms with van der Waals surface area (Å²) in [6, 6.07) is 12.3. The molecule has 0 bridgehead atoms. The van der Waals surface area contributed by atoms with Crippen molar-refractivity contribution in [3.05, 3.63) is 69.0 Å². The highest BCUT2D eigenvalue weighted by Crippen LogP contribution is 2.31. The quantitative estimate of drug-likeness (QED) is 0.572. The van der Waals surface area contributed by atoms with E-state index in [1.54, 1.807) is 13.0 Å². The van der Waals surface area contributed by atoms with Crippen LogP contribution in [-0.4, -0.2) is 12.5 Å². The van der Waals surface area contributed by atoms with Gasteiger partial charge >= 0.3 is 5.63 Å². The minimum Gasteiger partial charge on any atom is -0.482 e. The molecule has 3 rings (SSSR count). The van der Waals surface area contributed by atoms with Gasteiger partial charge in [0, 0.05) is 23.2 Å². The van der Waals surface area contributed by atoms with Crippen molar-refractivity contribution in [3.63, 3.8) is 0 Å². The zero-order valence-electron chi connectivity index (χ0n) is 16.0. The van der Waals surface area contributed by atoms with E-state index in [-0.39, 0.29) is 18.3 Å². The highest BCUT2D eigenvalue weighted by molar-refractivity contribution is 6.32. The molecule has 1 atom stereocenters. The number of aryl methyl sites for hydroxylation is 1. The molecule has 0 spiro atoms. The lowest BCUT2D eigenvalue weighted by atomic mass is 9.97. The highest BCUT2D eigenvalue weighted by Gasteiger charge is 2.13. The number of nitrogens with one attached hydrogen (secondary N) is 1. The Labute approximate surface area is 168 Å². The fraction of sp³-hybridized carbons (Fsp3) is 0.273. The van der Waals surface area contributed by atoms with Crippen molar-refractivity contribution in [1.82, 2.24) is 0 Å². The van der Waals surface area contributed by atoms with Crippen LogP contribution in [0.2, 0.25) is 5.02 Å². The van der Waals surface area contributed by atoms with Gasteiger partial charge in [-0.1, -0.05) is 43.6 Å². The summed E-state index contributed by atoms with van der Waals surface area (Å²) in [5.74, 6) is 0.323. The zero-order chi connectivity index (χ0) is 20.3. The largest absolute Gasteiger partial charge is 0.482 e. The molecule has 146 valence electrons. The first-order valence-corrected chi connectivity index (χ1v) is 9.52. The molecule has 1 aromatic heterocycles. The smallest absolute Gasteiger partial charge is 0.336 e. The van der Waals surface area contributed by atoms with E-state index < -0.39 is 5.63 Å². The van der Waals surface area contributed by atoms with Crippen molar-refractivity contribution in [2.75, 3.05) is 11.9 Å². The van der Waals surface area contributed by atoms with Crippen LogP contribution in [0.4, 0.5) is 5.69 Å². The maximum Gasteiger partial charge on any atom is 0.336 e. The molecule has 28 heavy (non-hydrogen) atoms. The van der Waals surface area contributed by atoms with Gasteiger partial charge in [0.2, 0.25) is 0 Å². The van der Waals surface area contributed by atoms with Gasteiger partial charge in [-0.15, -0.1) is 0 Å². The number of hydrogen-bond acceptors (Lipinski definition) is 4. The molecular formula is C22H22ClNO4. The van der Waals surface area contributed by atoms with Gasteiger partial charge in [-0.2, -0.15) is 0 Å². The van der Waals surface area contributed by atoms with Gasteiger partial charge in [-0.3, -0.25) is 4.79 Å². The van der Waals surface area contributed by atoms with Crippen molar-refractivity contribution in [3.8, 4) is 5.75 Å². The molecule has 0 aliphatic heterocycles. The Hall–Kier alpha value is -2.79.